The first-order valence-electron chi connectivity index (χ1n) is 8.92. The SMILES string of the molecule is Cc1ccc(N2C(=O)NC(=O)C(=Cc3cn(CC#N)c4ccccc34)C2=O)cc1. The fourth-order valence-corrected chi connectivity index (χ4v) is 3.34. The Morgan fingerprint density at radius 3 is 2.52 bits per heavy atom. The largest absolute Gasteiger partial charge is 0.335 e. The minimum Gasteiger partial charge on any atom is -0.333 e. The van der Waals surface area contributed by atoms with E-state index < -0.39 is 17.8 Å². The molecule has 0 saturated carbocycles. The van der Waals surface area contributed by atoms with Crippen molar-refractivity contribution in [2.24, 2.45) is 0 Å². The van der Waals surface area contributed by atoms with Crippen LogP contribution >= 0.6 is 0 Å². The maximum atomic E-state index is 13.0. The number of amides is 4. The molecule has 7 heteroatoms. The van der Waals surface area contributed by atoms with Gasteiger partial charge in [-0.1, -0.05) is 35.9 Å². The molecule has 1 fully saturated rings. The van der Waals surface area contributed by atoms with Crippen LogP contribution in [0.25, 0.3) is 17.0 Å². The molecule has 0 bridgehead atoms. The van der Waals surface area contributed by atoms with E-state index in [9.17, 15) is 14.4 Å². The molecule has 1 aromatic heterocycles. The number of carbonyl (C=O) groups excluding carboxylic acids is 3. The van der Waals surface area contributed by atoms with Crippen molar-refractivity contribution in [1.29, 1.82) is 5.26 Å². The second kappa shape index (κ2) is 7.09. The summed E-state index contributed by atoms with van der Waals surface area (Å²) in [5.74, 6) is -1.44. The molecule has 7 nitrogen and oxygen atoms in total. The van der Waals surface area contributed by atoms with Gasteiger partial charge in [0.2, 0.25) is 0 Å². The Balaban J connectivity index is 1.81. The third-order valence-electron chi connectivity index (χ3n) is 4.75. The van der Waals surface area contributed by atoms with Crippen molar-refractivity contribution in [3.05, 3.63) is 71.4 Å². The number of hydrogen-bond acceptors (Lipinski definition) is 4. The van der Waals surface area contributed by atoms with Gasteiger partial charge in [-0.05, 0) is 31.2 Å². The minimum atomic E-state index is -0.784. The lowest BCUT2D eigenvalue weighted by Crippen LogP contribution is -2.54. The van der Waals surface area contributed by atoms with Crippen molar-refractivity contribution < 1.29 is 14.4 Å². The number of fused-ring (bicyclic) bond motifs is 1. The number of aryl methyl sites for hydroxylation is 1. The zero-order valence-electron chi connectivity index (χ0n) is 15.5. The molecule has 2 heterocycles. The summed E-state index contributed by atoms with van der Waals surface area (Å²) in [5, 5.41) is 12.1. The predicted molar refractivity (Wildman–Crippen MR) is 108 cm³/mol. The van der Waals surface area contributed by atoms with Crippen molar-refractivity contribution in [3.8, 4) is 6.07 Å². The van der Waals surface area contributed by atoms with Gasteiger partial charge in [0.25, 0.3) is 11.8 Å². The number of anilines is 1. The van der Waals surface area contributed by atoms with E-state index in [-0.39, 0.29) is 12.1 Å². The van der Waals surface area contributed by atoms with Crippen LogP contribution in [-0.4, -0.2) is 22.4 Å². The molecule has 0 aliphatic carbocycles. The number of aromatic nitrogens is 1. The highest BCUT2D eigenvalue weighted by atomic mass is 16.2. The summed E-state index contributed by atoms with van der Waals surface area (Å²) in [6.45, 7) is 2.03. The Morgan fingerprint density at radius 1 is 1.07 bits per heavy atom. The van der Waals surface area contributed by atoms with E-state index in [4.69, 9.17) is 5.26 Å². The number of benzene rings is 2. The normalized spacial score (nSPS) is 15.7. The van der Waals surface area contributed by atoms with E-state index in [1.54, 1.807) is 35.0 Å². The zero-order chi connectivity index (χ0) is 20.5. The number of nitriles is 1. The predicted octanol–water partition coefficient (Wildman–Crippen LogP) is 3.14. The molecule has 2 aromatic carbocycles. The molecule has 4 amide bonds. The lowest BCUT2D eigenvalue weighted by atomic mass is 10.1. The van der Waals surface area contributed by atoms with Gasteiger partial charge in [-0.3, -0.25) is 14.9 Å². The number of barbiturate groups is 1. The highest BCUT2D eigenvalue weighted by Crippen LogP contribution is 2.26. The van der Waals surface area contributed by atoms with Crippen LogP contribution in [0.4, 0.5) is 10.5 Å². The van der Waals surface area contributed by atoms with E-state index >= 15 is 0 Å². The number of hydrogen-bond donors (Lipinski definition) is 1. The van der Waals surface area contributed by atoms with E-state index in [1.807, 2.05) is 31.2 Å². The minimum absolute atomic E-state index is 0.137. The molecular weight excluding hydrogens is 368 g/mol. The molecular formula is C22H16N4O3. The Kier molecular flexibility index (Phi) is 4.45. The number of nitrogens with zero attached hydrogens (tertiary/aromatic N) is 3. The molecule has 1 aliphatic rings. The Bertz CT molecular complexity index is 1230. The molecule has 142 valence electrons. The molecule has 1 saturated heterocycles. The molecule has 3 aromatic rings. The lowest BCUT2D eigenvalue weighted by Gasteiger charge is -2.26. The summed E-state index contributed by atoms with van der Waals surface area (Å²) in [6.07, 6.45) is 3.18. The fourth-order valence-electron chi connectivity index (χ4n) is 3.34. The van der Waals surface area contributed by atoms with Gasteiger partial charge in [0.05, 0.1) is 11.8 Å². The number of imide groups is 2. The van der Waals surface area contributed by atoms with E-state index in [1.165, 1.54) is 6.08 Å². The van der Waals surface area contributed by atoms with Gasteiger partial charge < -0.3 is 4.57 Å². The molecule has 0 spiro atoms. The Morgan fingerprint density at radius 2 is 1.79 bits per heavy atom. The van der Waals surface area contributed by atoms with Gasteiger partial charge in [-0.2, -0.15) is 5.26 Å². The third kappa shape index (κ3) is 3.17. The van der Waals surface area contributed by atoms with Gasteiger partial charge in [0.15, 0.2) is 0 Å². The van der Waals surface area contributed by atoms with Crippen molar-refractivity contribution in [1.82, 2.24) is 9.88 Å². The maximum absolute atomic E-state index is 13.0. The smallest absolute Gasteiger partial charge is 0.333 e. The number of nitrogens with one attached hydrogen (secondary N) is 1. The van der Waals surface area contributed by atoms with Crippen LogP contribution in [0.3, 0.4) is 0 Å². The molecule has 0 atom stereocenters. The highest BCUT2D eigenvalue weighted by Gasteiger charge is 2.36. The summed E-state index contributed by atoms with van der Waals surface area (Å²) in [6, 6.07) is 15.6. The maximum Gasteiger partial charge on any atom is 0.335 e. The van der Waals surface area contributed by atoms with Crippen LogP contribution in [0.15, 0.2) is 60.3 Å². The van der Waals surface area contributed by atoms with Gasteiger partial charge >= 0.3 is 6.03 Å². The molecule has 1 aliphatic heterocycles. The first-order valence-corrected chi connectivity index (χ1v) is 8.92. The van der Waals surface area contributed by atoms with Crippen LogP contribution in [0.5, 0.6) is 0 Å². The van der Waals surface area contributed by atoms with Crippen LogP contribution in [-0.2, 0) is 16.1 Å². The Labute approximate surface area is 166 Å². The molecule has 0 radical (unpaired) electrons. The fraction of sp³-hybridized carbons (Fsp3) is 0.0909. The van der Waals surface area contributed by atoms with Gasteiger partial charge in [-0.25, -0.2) is 9.69 Å². The van der Waals surface area contributed by atoms with Crippen LogP contribution in [0, 0.1) is 18.3 Å². The second-order valence-corrected chi connectivity index (χ2v) is 6.68. The van der Waals surface area contributed by atoms with Gasteiger partial charge in [-0.15, -0.1) is 0 Å². The van der Waals surface area contributed by atoms with Crippen LogP contribution < -0.4 is 10.2 Å². The summed E-state index contributed by atoms with van der Waals surface area (Å²) in [5.41, 5.74) is 2.65. The van der Waals surface area contributed by atoms with Crippen LogP contribution in [0.1, 0.15) is 11.1 Å². The van der Waals surface area contributed by atoms with Gasteiger partial charge in [0, 0.05) is 22.7 Å². The number of carbonyl (C=O) groups is 3. The lowest BCUT2D eigenvalue weighted by molar-refractivity contribution is -0.122. The quantitative estimate of drug-likeness (QED) is 0.554. The van der Waals surface area contributed by atoms with Crippen molar-refractivity contribution in [2.75, 3.05) is 4.90 Å². The standard InChI is InChI=1S/C22H16N4O3/c1-14-6-8-16(9-7-14)26-21(28)18(20(27)24-22(26)29)12-15-13-25(11-10-23)19-5-3-2-4-17(15)19/h2-9,12-13H,11H2,1H3,(H,24,27,29). The van der Waals surface area contributed by atoms with Crippen molar-refractivity contribution in [3.63, 3.8) is 0 Å². The molecule has 4 rings (SSSR count). The highest BCUT2D eigenvalue weighted by molar-refractivity contribution is 6.39. The average molecular weight is 384 g/mol. The van der Waals surface area contributed by atoms with Crippen LogP contribution in [0.2, 0.25) is 0 Å². The Hall–Kier alpha value is -4.18. The summed E-state index contributed by atoms with van der Waals surface area (Å²) >= 11 is 0. The summed E-state index contributed by atoms with van der Waals surface area (Å²) in [4.78, 5) is 38.7. The van der Waals surface area contributed by atoms with Gasteiger partial charge in [0.1, 0.15) is 12.1 Å². The summed E-state index contributed by atoms with van der Waals surface area (Å²) in [7, 11) is 0. The molecule has 29 heavy (non-hydrogen) atoms. The monoisotopic (exact) mass is 384 g/mol. The second-order valence-electron chi connectivity index (χ2n) is 6.68. The van der Waals surface area contributed by atoms with E-state index in [0.717, 1.165) is 21.4 Å². The molecule has 1 N–H and O–H groups in total. The molecule has 0 unspecified atom stereocenters. The van der Waals surface area contributed by atoms with Crippen molar-refractivity contribution in [2.45, 2.75) is 13.5 Å². The zero-order valence-corrected chi connectivity index (χ0v) is 15.5. The van der Waals surface area contributed by atoms with Crippen molar-refractivity contribution >= 4 is 40.5 Å². The number of urea groups is 1. The summed E-state index contributed by atoms with van der Waals surface area (Å²) < 4.78 is 1.75. The average Bonchev–Trinajstić information content (AvgIpc) is 3.04. The van der Waals surface area contributed by atoms with E-state index in [2.05, 4.69) is 11.4 Å². The first kappa shape index (κ1) is 18.2. The number of rotatable bonds is 3. The third-order valence-corrected chi connectivity index (χ3v) is 4.75. The van der Waals surface area contributed by atoms with E-state index in [0.29, 0.717) is 11.3 Å². The first-order chi connectivity index (χ1) is 14.0. The topological polar surface area (TPSA) is 95.2 Å². The number of para-hydroxylation sites is 1.